The fourth-order valence-corrected chi connectivity index (χ4v) is 6.12. The maximum atomic E-state index is 11.9. The van der Waals surface area contributed by atoms with E-state index >= 15 is 0 Å². The Bertz CT molecular complexity index is 926. The van der Waals surface area contributed by atoms with Crippen LogP contribution in [0.4, 0.5) is 0 Å². The van der Waals surface area contributed by atoms with Crippen LogP contribution in [0, 0.1) is 0 Å². The van der Waals surface area contributed by atoms with Crippen molar-refractivity contribution in [3.05, 3.63) is 70.8 Å². The molecule has 2 aliphatic rings. The fraction of sp³-hybridized carbons (Fsp3) is 0.556. The molecule has 2 aromatic rings. The van der Waals surface area contributed by atoms with E-state index in [1.54, 1.807) is 0 Å². The average Bonchev–Trinajstić information content (AvgIpc) is 3.06. The minimum Gasteiger partial charge on any atom is -0.358 e. The number of fused-ring (bicyclic) bond motifs is 2. The quantitative estimate of drug-likeness (QED) is 0.358. The highest BCUT2D eigenvalue weighted by Gasteiger charge is 2.47. The molecule has 168 valence electrons. The summed E-state index contributed by atoms with van der Waals surface area (Å²) >= 11 is 0. The molecule has 4 rings (SSSR count). The summed E-state index contributed by atoms with van der Waals surface area (Å²) in [5.74, 6) is 0.520. The number of hydrogen-bond acceptors (Lipinski definition) is 3. The topological polar surface area (TPSA) is 29.5 Å². The van der Waals surface area contributed by atoms with E-state index < -0.39 is 7.14 Å². The molecule has 3 nitrogen and oxygen atoms in total. The number of ether oxygens (including phenoxy) is 1. The Morgan fingerprint density at radius 2 is 1.77 bits per heavy atom. The summed E-state index contributed by atoms with van der Waals surface area (Å²) in [5.41, 5.74) is 5.26. The number of unbranched alkanes of at least 4 members (excludes halogenated alkanes) is 1. The summed E-state index contributed by atoms with van der Waals surface area (Å²) in [7, 11) is -1.88. The lowest BCUT2D eigenvalue weighted by molar-refractivity contribution is -0.0968. The van der Waals surface area contributed by atoms with Gasteiger partial charge in [-0.25, -0.2) is 0 Å². The van der Waals surface area contributed by atoms with Gasteiger partial charge in [-0.15, -0.1) is 0 Å². The monoisotopic (exact) mass is 439 g/mol. The van der Waals surface area contributed by atoms with Crippen LogP contribution in [0.15, 0.2) is 48.5 Å². The molecule has 31 heavy (non-hydrogen) atoms. The zero-order chi connectivity index (χ0) is 22.1. The average molecular weight is 440 g/mol. The van der Waals surface area contributed by atoms with Gasteiger partial charge in [-0.3, -0.25) is 0 Å². The van der Waals surface area contributed by atoms with Crippen molar-refractivity contribution < 1.29 is 9.30 Å². The van der Waals surface area contributed by atoms with E-state index in [1.807, 2.05) is 13.3 Å². The van der Waals surface area contributed by atoms with Gasteiger partial charge in [0.05, 0.1) is 12.7 Å². The molecular weight excluding hydrogens is 401 g/mol. The lowest BCUT2D eigenvalue weighted by atomic mass is 9.81. The molecule has 1 saturated heterocycles. The van der Waals surface area contributed by atoms with Gasteiger partial charge in [-0.1, -0.05) is 62.4 Å². The van der Waals surface area contributed by atoms with Gasteiger partial charge in [0, 0.05) is 19.3 Å². The van der Waals surface area contributed by atoms with Crippen molar-refractivity contribution in [1.82, 2.24) is 4.90 Å². The van der Waals surface area contributed by atoms with Crippen molar-refractivity contribution in [2.75, 3.05) is 39.1 Å². The predicted molar refractivity (Wildman–Crippen MR) is 131 cm³/mol. The number of nitrogens with zero attached hydrogens (tertiary/aromatic N) is 1. The number of benzene rings is 2. The maximum Gasteiger partial charge on any atom is 0.109 e. The normalized spacial score (nSPS) is 21.0. The van der Waals surface area contributed by atoms with Gasteiger partial charge in [0.25, 0.3) is 0 Å². The Hall–Kier alpha value is -1.41. The molecule has 2 heterocycles. The van der Waals surface area contributed by atoms with Gasteiger partial charge < -0.3 is 14.2 Å². The summed E-state index contributed by atoms with van der Waals surface area (Å²) in [6, 6.07) is 17.7. The molecule has 0 radical (unpaired) electrons. The highest BCUT2D eigenvalue weighted by atomic mass is 31.2. The Balaban J connectivity index is 1.50. The van der Waals surface area contributed by atoms with Crippen molar-refractivity contribution >= 4 is 7.14 Å². The Morgan fingerprint density at radius 1 is 1.06 bits per heavy atom. The molecule has 0 saturated carbocycles. The Kier molecular flexibility index (Phi) is 6.77. The molecular formula is C27H38NO2P. The third-order valence-corrected chi connectivity index (χ3v) is 8.44. The first kappa shape index (κ1) is 22.8. The van der Waals surface area contributed by atoms with E-state index in [0.29, 0.717) is 5.92 Å². The lowest BCUT2D eigenvalue weighted by Crippen LogP contribution is -2.43. The highest BCUT2D eigenvalue weighted by Crippen LogP contribution is 2.52. The third kappa shape index (κ3) is 5.16. The van der Waals surface area contributed by atoms with Crippen molar-refractivity contribution in [3.8, 4) is 0 Å². The van der Waals surface area contributed by atoms with Crippen molar-refractivity contribution in [1.29, 1.82) is 0 Å². The van der Waals surface area contributed by atoms with E-state index in [1.165, 1.54) is 22.3 Å². The third-order valence-electron chi connectivity index (χ3n) is 7.05. The van der Waals surface area contributed by atoms with Crippen LogP contribution in [0.3, 0.4) is 0 Å². The Morgan fingerprint density at radius 3 is 2.42 bits per heavy atom. The smallest absolute Gasteiger partial charge is 0.109 e. The molecule has 0 aromatic heterocycles. The standard InChI is InChI=1S/C27H38NO2P/c1-21(2)23-12-13-24-25(20-23)27(30-26(24)22-10-6-5-7-11-22)14-17-28(18-15-27)16-8-9-19-31(3,4)29/h5-7,10-13,20-21,26H,8-9,14-19H2,1-4H3. The molecule has 1 atom stereocenters. The lowest BCUT2D eigenvalue weighted by Gasteiger charge is -2.40. The van der Waals surface area contributed by atoms with Gasteiger partial charge >= 0.3 is 0 Å². The zero-order valence-electron chi connectivity index (χ0n) is 19.6. The molecule has 2 aromatic carbocycles. The molecule has 0 amide bonds. The number of rotatable bonds is 7. The maximum absolute atomic E-state index is 11.9. The highest BCUT2D eigenvalue weighted by molar-refractivity contribution is 7.62. The molecule has 2 aliphatic heterocycles. The minimum absolute atomic E-state index is 0.0345. The summed E-state index contributed by atoms with van der Waals surface area (Å²) in [6.45, 7) is 11.6. The number of piperidine rings is 1. The van der Waals surface area contributed by atoms with Crippen LogP contribution >= 0.6 is 7.14 Å². The second-order valence-electron chi connectivity index (χ2n) is 10.3. The van der Waals surface area contributed by atoms with Gasteiger partial charge in [-0.2, -0.15) is 0 Å². The molecule has 1 unspecified atom stereocenters. The van der Waals surface area contributed by atoms with Crippen molar-refractivity contribution in [3.63, 3.8) is 0 Å². The SMILES string of the molecule is CC(C)c1ccc2c(c1)C1(CCN(CCCCP(C)(C)=O)CC1)OC2c1ccccc1. The zero-order valence-corrected chi connectivity index (χ0v) is 20.5. The van der Waals surface area contributed by atoms with Gasteiger partial charge in [0.2, 0.25) is 0 Å². The van der Waals surface area contributed by atoms with E-state index in [0.717, 1.165) is 51.5 Å². The van der Waals surface area contributed by atoms with Crippen LogP contribution in [0.1, 0.15) is 73.8 Å². The molecule has 0 aliphatic carbocycles. The van der Waals surface area contributed by atoms with Gasteiger partial charge in [0.1, 0.15) is 6.10 Å². The first-order chi connectivity index (χ1) is 14.8. The largest absolute Gasteiger partial charge is 0.358 e. The van der Waals surface area contributed by atoms with Crippen molar-refractivity contribution in [2.45, 2.75) is 57.2 Å². The van der Waals surface area contributed by atoms with Crippen LogP contribution in [0.5, 0.6) is 0 Å². The summed E-state index contributed by atoms with van der Waals surface area (Å²) in [5, 5.41) is 0. The first-order valence-electron chi connectivity index (χ1n) is 11.9. The molecule has 4 heteroatoms. The number of likely N-dealkylation sites (tertiary alicyclic amines) is 1. The summed E-state index contributed by atoms with van der Waals surface area (Å²) in [4.78, 5) is 2.58. The summed E-state index contributed by atoms with van der Waals surface area (Å²) < 4.78 is 18.9. The summed E-state index contributed by atoms with van der Waals surface area (Å²) in [6.07, 6.45) is 5.21. The van der Waals surface area contributed by atoms with Crippen LogP contribution in [0.2, 0.25) is 0 Å². The Labute approximate surface area is 188 Å². The van der Waals surface area contributed by atoms with E-state index in [2.05, 4.69) is 67.3 Å². The molecule has 0 N–H and O–H groups in total. The fourth-order valence-electron chi connectivity index (χ4n) is 5.14. The second kappa shape index (κ2) is 9.22. The van der Waals surface area contributed by atoms with Crippen LogP contribution in [-0.2, 0) is 14.9 Å². The van der Waals surface area contributed by atoms with E-state index in [4.69, 9.17) is 4.74 Å². The van der Waals surface area contributed by atoms with Crippen LogP contribution < -0.4 is 0 Å². The molecule has 0 bridgehead atoms. The van der Waals surface area contributed by atoms with Crippen molar-refractivity contribution in [2.24, 2.45) is 0 Å². The molecule has 1 spiro atoms. The predicted octanol–water partition coefficient (Wildman–Crippen LogP) is 6.62. The van der Waals surface area contributed by atoms with E-state index in [9.17, 15) is 4.57 Å². The second-order valence-corrected chi connectivity index (χ2v) is 13.8. The molecule has 1 fully saturated rings. The van der Waals surface area contributed by atoms with E-state index in [-0.39, 0.29) is 11.7 Å². The first-order valence-corrected chi connectivity index (χ1v) is 14.7. The minimum atomic E-state index is -1.88. The van der Waals surface area contributed by atoms with Crippen LogP contribution in [0.25, 0.3) is 0 Å². The van der Waals surface area contributed by atoms with Gasteiger partial charge in [-0.05, 0) is 73.7 Å². The number of hydrogen-bond donors (Lipinski definition) is 0. The van der Waals surface area contributed by atoms with Crippen LogP contribution in [-0.4, -0.2) is 44.0 Å². The van der Waals surface area contributed by atoms with Gasteiger partial charge in [0.15, 0.2) is 0 Å².